The predicted octanol–water partition coefficient (Wildman–Crippen LogP) is 2.78. The second-order valence-corrected chi connectivity index (χ2v) is 8.94. The van der Waals surface area contributed by atoms with Crippen molar-refractivity contribution in [2.24, 2.45) is 16.3 Å². The molecule has 2 fully saturated rings. The molecule has 2 unspecified atom stereocenters. The number of nitrogens with one attached hydrogen (secondary N) is 2. The molecule has 0 aromatic heterocycles. The number of aliphatic imine (C=N–C) groups is 1. The molecule has 6 nitrogen and oxygen atoms in total. The van der Waals surface area contributed by atoms with Gasteiger partial charge in [-0.15, -0.1) is 0 Å². The maximum atomic E-state index is 12.1. The molecular weight excluding hydrogens is 340 g/mol. The molecule has 0 spiro atoms. The van der Waals surface area contributed by atoms with E-state index in [9.17, 15) is 4.79 Å². The zero-order chi connectivity index (χ0) is 20.0. The lowest BCUT2D eigenvalue weighted by molar-refractivity contribution is -0.135. The highest BCUT2D eigenvalue weighted by Gasteiger charge is 2.49. The monoisotopic (exact) mass is 380 g/mol. The summed E-state index contributed by atoms with van der Waals surface area (Å²) >= 11 is 0. The summed E-state index contributed by atoms with van der Waals surface area (Å²) in [6, 6.07) is 0.741. The van der Waals surface area contributed by atoms with Crippen LogP contribution in [0.3, 0.4) is 0 Å². The van der Waals surface area contributed by atoms with E-state index in [0.29, 0.717) is 18.2 Å². The fourth-order valence-corrected chi connectivity index (χ4v) is 3.92. The van der Waals surface area contributed by atoms with E-state index in [0.717, 1.165) is 51.3 Å². The zero-order valence-corrected chi connectivity index (χ0v) is 18.2. The normalized spacial score (nSPS) is 26.0. The maximum absolute atomic E-state index is 12.1. The number of hydrogen-bond acceptors (Lipinski definition) is 3. The zero-order valence-electron chi connectivity index (χ0n) is 18.2. The van der Waals surface area contributed by atoms with E-state index in [2.05, 4.69) is 36.4 Å². The highest BCUT2D eigenvalue weighted by Crippen LogP contribution is 2.42. The first-order chi connectivity index (χ1) is 12.8. The second kappa shape index (κ2) is 9.76. The van der Waals surface area contributed by atoms with Crippen LogP contribution in [0, 0.1) is 11.3 Å². The molecule has 0 aromatic carbocycles. The summed E-state index contributed by atoms with van der Waals surface area (Å²) in [5.41, 5.74) is 0.110. The number of hydrogen-bond donors (Lipinski definition) is 2. The van der Waals surface area contributed by atoms with Crippen LogP contribution in [0.15, 0.2) is 4.99 Å². The summed E-state index contributed by atoms with van der Waals surface area (Å²) < 4.78 is 6.04. The number of carbonyl (C=O) groups is 1. The highest BCUT2D eigenvalue weighted by molar-refractivity contribution is 5.81. The average molecular weight is 381 g/mol. The van der Waals surface area contributed by atoms with E-state index >= 15 is 0 Å². The van der Waals surface area contributed by atoms with Gasteiger partial charge in [-0.2, -0.15) is 0 Å². The van der Waals surface area contributed by atoms with E-state index in [1.54, 1.807) is 0 Å². The van der Waals surface area contributed by atoms with E-state index in [1.807, 2.05) is 25.8 Å². The minimum atomic E-state index is 0.0808. The van der Waals surface area contributed by atoms with E-state index in [-0.39, 0.29) is 17.2 Å². The molecule has 156 valence electrons. The summed E-state index contributed by atoms with van der Waals surface area (Å²) in [4.78, 5) is 18.5. The number of nitrogens with zero attached hydrogens (tertiary/aromatic N) is 2. The van der Waals surface area contributed by atoms with Crippen LogP contribution in [-0.4, -0.2) is 61.7 Å². The molecule has 27 heavy (non-hydrogen) atoms. The number of rotatable bonds is 7. The predicted molar refractivity (Wildman–Crippen MR) is 111 cm³/mol. The van der Waals surface area contributed by atoms with Crippen molar-refractivity contribution in [3.8, 4) is 0 Å². The van der Waals surface area contributed by atoms with Crippen LogP contribution >= 0.6 is 0 Å². The van der Waals surface area contributed by atoms with Gasteiger partial charge in [-0.05, 0) is 25.7 Å². The van der Waals surface area contributed by atoms with Crippen molar-refractivity contribution in [2.45, 2.75) is 84.9 Å². The third kappa shape index (κ3) is 5.59. The van der Waals surface area contributed by atoms with Crippen LogP contribution in [-0.2, 0) is 9.53 Å². The number of likely N-dealkylation sites (tertiary alicyclic amines) is 1. The van der Waals surface area contributed by atoms with Gasteiger partial charge in [0.05, 0.1) is 6.10 Å². The lowest BCUT2D eigenvalue weighted by Crippen LogP contribution is -2.64. The second-order valence-electron chi connectivity index (χ2n) is 8.94. The van der Waals surface area contributed by atoms with Crippen LogP contribution in [0.25, 0.3) is 0 Å². The first kappa shape index (κ1) is 22.0. The molecule has 0 bridgehead atoms. The molecule has 2 rings (SSSR count). The fraction of sp³-hybridized carbons (Fsp3) is 0.905. The molecule has 1 aliphatic carbocycles. The topological polar surface area (TPSA) is 66.0 Å². The van der Waals surface area contributed by atoms with Crippen LogP contribution in [0.1, 0.15) is 66.7 Å². The minimum Gasteiger partial charge on any atom is -0.378 e. The number of piperidine rings is 1. The fourth-order valence-electron chi connectivity index (χ4n) is 3.92. The lowest BCUT2D eigenvalue weighted by Gasteiger charge is -2.52. The quantitative estimate of drug-likeness (QED) is 0.405. The van der Waals surface area contributed by atoms with Crippen molar-refractivity contribution in [2.75, 3.05) is 26.7 Å². The smallest absolute Gasteiger partial charge is 0.225 e. The van der Waals surface area contributed by atoms with Gasteiger partial charge >= 0.3 is 0 Å². The molecule has 2 aliphatic rings. The van der Waals surface area contributed by atoms with Crippen molar-refractivity contribution in [3.05, 3.63) is 0 Å². The van der Waals surface area contributed by atoms with Gasteiger partial charge in [0, 0.05) is 50.2 Å². The molecule has 6 heteroatoms. The van der Waals surface area contributed by atoms with E-state index in [4.69, 9.17) is 4.74 Å². The molecule has 1 saturated heterocycles. The molecule has 0 aromatic rings. The maximum Gasteiger partial charge on any atom is 0.225 e. The van der Waals surface area contributed by atoms with Crippen molar-refractivity contribution >= 4 is 11.9 Å². The molecule has 0 radical (unpaired) electrons. The van der Waals surface area contributed by atoms with Crippen molar-refractivity contribution in [1.82, 2.24) is 15.5 Å². The Bertz CT molecular complexity index is 510. The SMILES string of the molecule is CCCCOC1CC(NC(=NC)NC2CCN(C(=O)C(C)C)CC2)C1(C)C. The first-order valence-electron chi connectivity index (χ1n) is 10.7. The van der Waals surface area contributed by atoms with E-state index < -0.39 is 0 Å². The van der Waals surface area contributed by atoms with Crippen LogP contribution in [0.5, 0.6) is 0 Å². The number of amides is 1. The van der Waals surface area contributed by atoms with Gasteiger partial charge < -0.3 is 20.3 Å². The minimum absolute atomic E-state index is 0.0808. The Kier molecular flexibility index (Phi) is 7.95. The summed E-state index contributed by atoms with van der Waals surface area (Å²) in [6.07, 6.45) is 5.59. The van der Waals surface area contributed by atoms with Crippen LogP contribution in [0.2, 0.25) is 0 Å². The molecule has 2 atom stereocenters. The third-order valence-electron chi connectivity index (χ3n) is 6.17. The Balaban J connectivity index is 1.76. The molecule has 2 N–H and O–H groups in total. The van der Waals surface area contributed by atoms with Crippen molar-refractivity contribution in [1.29, 1.82) is 0 Å². The van der Waals surface area contributed by atoms with Crippen LogP contribution in [0.4, 0.5) is 0 Å². The Labute approximate surface area is 165 Å². The van der Waals surface area contributed by atoms with Crippen LogP contribution < -0.4 is 10.6 Å². The van der Waals surface area contributed by atoms with E-state index in [1.165, 1.54) is 6.42 Å². The summed E-state index contributed by atoms with van der Waals surface area (Å²) in [5, 5.41) is 7.15. The average Bonchev–Trinajstić information content (AvgIpc) is 2.65. The lowest BCUT2D eigenvalue weighted by atomic mass is 9.64. The summed E-state index contributed by atoms with van der Waals surface area (Å²) in [5.74, 6) is 1.22. The Morgan fingerprint density at radius 2 is 1.93 bits per heavy atom. The standard InChI is InChI=1S/C21H40N4O2/c1-7-8-13-27-18-14-17(21(18,4)5)24-20(22-6)23-16-9-11-25(12-10-16)19(26)15(2)3/h15-18H,7-14H2,1-6H3,(H2,22,23,24). The molecule has 1 amide bonds. The Morgan fingerprint density at radius 1 is 1.26 bits per heavy atom. The molecule has 1 saturated carbocycles. The van der Waals surface area contributed by atoms with Gasteiger partial charge in [0.15, 0.2) is 5.96 Å². The van der Waals surface area contributed by atoms with Gasteiger partial charge in [0.2, 0.25) is 5.91 Å². The van der Waals surface area contributed by atoms with Gasteiger partial charge in [0.25, 0.3) is 0 Å². The first-order valence-corrected chi connectivity index (χ1v) is 10.7. The summed E-state index contributed by atoms with van der Waals surface area (Å²) in [7, 11) is 1.83. The summed E-state index contributed by atoms with van der Waals surface area (Å²) in [6.45, 7) is 13.2. The number of carbonyl (C=O) groups excluding carboxylic acids is 1. The number of unbranched alkanes of at least 4 members (excludes halogenated alkanes) is 1. The Hall–Kier alpha value is -1.30. The number of guanidine groups is 1. The highest BCUT2D eigenvalue weighted by atomic mass is 16.5. The third-order valence-corrected chi connectivity index (χ3v) is 6.17. The molecular formula is C21H40N4O2. The van der Waals surface area contributed by atoms with Crippen molar-refractivity contribution in [3.63, 3.8) is 0 Å². The van der Waals surface area contributed by atoms with Gasteiger partial charge in [-0.25, -0.2) is 0 Å². The largest absolute Gasteiger partial charge is 0.378 e. The number of ether oxygens (including phenoxy) is 1. The molecule has 1 aliphatic heterocycles. The van der Waals surface area contributed by atoms with Crippen molar-refractivity contribution < 1.29 is 9.53 Å². The Morgan fingerprint density at radius 3 is 2.44 bits per heavy atom. The van der Waals surface area contributed by atoms with Gasteiger partial charge in [-0.3, -0.25) is 9.79 Å². The van der Waals surface area contributed by atoms with Gasteiger partial charge in [-0.1, -0.05) is 41.0 Å². The molecule has 1 heterocycles. The van der Waals surface area contributed by atoms with Gasteiger partial charge in [0.1, 0.15) is 0 Å².